The van der Waals surface area contributed by atoms with Crippen LogP contribution in [0.25, 0.3) is 0 Å². The van der Waals surface area contributed by atoms with Gasteiger partial charge in [0, 0.05) is 0 Å². The number of rotatable bonds is 2. The van der Waals surface area contributed by atoms with Gasteiger partial charge in [-0.15, -0.1) is 23.5 Å². The van der Waals surface area contributed by atoms with Crippen molar-refractivity contribution in [1.29, 1.82) is 0 Å². The minimum atomic E-state index is -0.749. The number of thioether (sulfide) groups is 2. The highest BCUT2D eigenvalue weighted by molar-refractivity contribution is 8.17. The van der Waals surface area contributed by atoms with Crippen molar-refractivity contribution < 1.29 is 19.7 Å². The molecule has 17 heavy (non-hydrogen) atoms. The van der Waals surface area contributed by atoms with Crippen LogP contribution in [-0.2, 0) is 9.47 Å². The van der Waals surface area contributed by atoms with Crippen molar-refractivity contribution in [2.75, 3.05) is 18.1 Å². The Morgan fingerprint density at radius 2 is 1.94 bits per heavy atom. The summed E-state index contributed by atoms with van der Waals surface area (Å²) in [5.74, 6) is 1.41. The van der Waals surface area contributed by atoms with Gasteiger partial charge >= 0.3 is 0 Å². The fourth-order valence-corrected chi connectivity index (χ4v) is 4.91. The van der Waals surface area contributed by atoms with E-state index in [-0.39, 0.29) is 11.2 Å². The Labute approximate surface area is 110 Å². The summed E-state index contributed by atoms with van der Waals surface area (Å²) in [6, 6.07) is 0. The summed E-state index contributed by atoms with van der Waals surface area (Å²) in [4.78, 5) is 0. The lowest BCUT2D eigenvalue weighted by atomic mass is 10.1. The summed E-state index contributed by atoms with van der Waals surface area (Å²) in [7, 11) is 0. The number of ether oxygens (including phenoxy) is 2. The Hall–Kier alpha value is 0.540. The molecule has 2 heterocycles. The first kappa shape index (κ1) is 14.0. The molecule has 0 unspecified atom stereocenters. The summed E-state index contributed by atoms with van der Waals surface area (Å²) in [6.45, 7) is 3.83. The molecule has 0 radical (unpaired) electrons. The predicted octanol–water partition coefficient (Wildman–Crippen LogP) is 1.06. The van der Waals surface area contributed by atoms with E-state index < -0.39 is 24.1 Å². The average Bonchev–Trinajstić information content (AvgIpc) is 2.33. The van der Waals surface area contributed by atoms with Crippen molar-refractivity contribution in [2.24, 2.45) is 0 Å². The zero-order valence-corrected chi connectivity index (χ0v) is 11.8. The molecule has 2 fully saturated rings. The van der Waals surface area contributed by atoms with Crippen molar-refractivity contribution in [3.05, 3.63) is 0 Å². The molecule has 3 atom stereocenters. The van der Waals surface area contributed by atoms with E-state index in [4.69, 9.17) is 9.47 Å². The van der Waals surface area contributed by atoms with E-state index in [0.717, 1.165) is 11.5 Å². The minimum Gasteiger partial charge on any atom is -0.388 e. The quantitative estimate of drug-likeness (QED) is 0.789. The normalized spacial score (nSPS) is 36.7. The zero-order valence-electron chi connectivity index (χ0n) is 10.2. The highest BCUT2D eigenvalue weighted by Gasteiger charge is 2.42. The Kier molecular flexibility index (Phi) is 4.66. The monoisotopic (exact) mass is 280 g/mol. The van der Waals surface area contributed by atoms with E-state index in [1.165, 1.54) is 6.42 Å². The lowest BCUT2D eigenvalue weighted by Crippen LogP contribution is -2.55. The zero-order chi connectivity index (χ0) is 12.5. The molecule has 0 bridgehead atoms. The van der Waals surface area contributed by atoms with Crippen LogP contribution in [0.15, 0.2) is 0 Å². The molecule has 2 rings (SSSR count). The van der Waals surface area contributed by atoms with Crippen molar-refractivity contribution in [2.45, 2.75) is 48.9 Å². The molecule has 100 valence electrons. The van der Waals surface area contributed by atoms with Gasteiger partial charge in [0.25, 0.3) is 0 Å². The van der Waals surface area contributed by atoms with Gasteiger partial charge in [-0.2, -0.15) is 0 Å². The number of hydrogen-bond acceptors (Lipinski definition) is 6. The van der Waals surface area contributed by atoms with E-state index >= 15 is 0 Å². The largest absolute Gasteiger partial charge is 0.388 e. The molecule has 6 heteroatoms. The standard InChI is InChI=1S/C11H20O4S2/c1-11(2)14-6-7(12)9(15-11)8(13)10-16-4-3-5-17-10/h7-10,12-13H,3-6H2,1-2H3/t7-,8-,9-/m1/s1. The van der Waals surface area contributed by atoms with Crippen molar-refractivity contribution in [3.8, 4) is 0 Å². The fraction of sp³-hybridized carbons (Fsp3) is 1.00. The molecule has 0 amide bonds. The van der Waals surface area contributed by atoms with Crippen LogP contribution in [0.2, 0.25) is 0 Å². The Morgan fingerprint density at radius 3 is 2.59 bits per heavy atom. The van der Waals surface area contributed by atoms with Gasteiger partial charge in [-0.1, -0.05) is 0 Å². The number of aliphatic hydroxyl groups is 2. The van der Waals surface area contributed by atoms with Crippen LogP contribution in [0.5, 0.6) is 0 Å². The van der Waals surface area contributed by atoms with E-state index in [9.17, 15) is 10.2 Å². The van der Waals surface area contributed by atoms with Crippen LogP contribution < -0.4 is 0 Å². The van der Waals surface area contributed by atoms with Gasteiger partial charge in [-0.3, -0.25) is 0 Å². The van der Waals surface area contributed by atoms with Gasteiger partial charge in [-0.25, -0.2) is 0 Å². The van der Waals surface area contributed by atoms with E-state index in [0.29, 0.717) is 0 Å². The van der Waals surface area contributed by atoms with Crippen LogP contribution >= 0.6 is 23.5 Å². The van der Waals surface area contributed by atoms with Crippen LogP contribution in [-0.4, -0.2) is 57.0 Å². The predicted molar refractivity (Wildman–Crippen MR) is 70.2 cm³/mol. The Bertz CT molecular complexity index is 256. The highest BCUT2D eigenvalue weighted by Crippen LogP contribution is 2.37. The lowest BCUT2D eigenvalue weighted by molar-refractivity contribution is -0.317. The SMILES string of the molecule is CC1(C)OC[C@@H](O)[C@H]([C@@H](O)C2SCCCS2)O1. The maximum atomic E-state index is 10.3. The first-order valence-electron chi connectivity index (χ1n) is 5.91. The molecule has 2 aliphatic rings. The maximum Gasteiger partial charge on any atom is 0.163 e. The Morgan fingerprint density at radius 1 is 1.29 bits per heavy atom. The molecular weight excluding hydrogens is 260 g/mol. The van der Waals surface area contributed by atoms with Gasteiger partial charge in [-0.05, 0) is 31.8 Å². The third kappa shape index (κ3) is 3.52. The van der Waals surface area contributed by atoms with Gasteiger partial charge in [0.15, 0.2) is 5.79 Å². The van der Waals surface area contributed by atoms with Crippen molar-refractivity contribution >= 4 is 23.5 Å². The summed E-state index contributed by atoms with van der Waals surface area (Å²) in [5.41, 5.74) is 0. The van der Waals surface area contributed by atoms with Crippen LogP contribution in [0.4, 0.5) is 0 Å². The molecule has 2 aliphatic heterocycles. The second kappa shape index (κ2) is 5.67. The van der Waals surface area contributed by atoms with Crippen LogP contribution in [0.3, 0.4) is 0 Å². The van der Waals surface area contributed by atoms with Crippen LogP contribution in [0.1, 0.15) is 20.3 Å². The van der Waals surface area contributed by atoms with Crippen molar-refractivity contribution in [1.82, 2.24) is 0 Å². The summed E-state index contributed by atoms with van der Waals surface area (Å²) >= 11 is 3.50. The molecule has 2 N–H and O–H groups in total. The van der Waals surface area contributed by atoms with E-state index in [2.05, 4.69) is 0 Å². The lowest BCUT2D eigenvalue weighted by Gasteiger charge is -2.42. The third-order valence-corrected chi connectivity index (χ3v) is 5.95. The highest BCUT2D eigenvalue weighted by atomic mass is 32.2. The molecule has 0 aromatic heterocycles. The maximum absolute atomic E-state index is 10.3. The third-order valence-electron chi connectivity index (χ3n) is 2.87. The van der Waals surface area contributed by atoms with E-state index in [1.807, 2.05) is 0 Å². The van der Waals surface area contributed by atoms with Crippen LogP contribution in [0, 0.1) is 0 Å². The molecule has 0 aromatic rings. The molecular formula is C11H20O4S2. The van der Waals surface area contributed by atoms with Gasteiger partial charge in [0.05, 0.1) is 11.2 Å². The fourth-order valence-electron chi connectivity index (χ4n) is 1.98. The molecule has 0 saturated carbocycles. The van der Waals surface area contributed by atoms with Gasteiger partial charge in [0.1, 0.15) is 18.3 Å². The molecule has 0 spiro atoms. The van der Waals surface area contributed by atoms with Crippen molar-refractivity contribution in [3.63, 3.8) is 0 Å². The minimum absolute atomic E-state index is 0.0947. The number of hydrogen-bond donors (Lipinski definition) is 2. The first-order valence-corrected chi connectivity index (χ1v) is 8.00. The van der Waals surface area contributed by atoms with Gasteiger partial charge < -0.3 is 19.7 Å². The van der Waals surface area contributed by atoms with E-state index in [1.54, 1.807) is 37.4 Å². The molecule has 4 nitrogen and oxygen atoms in total. The topological polar surface area (TPSA) is 58.9 Å². The summed E-state index contributed by atoms with van der Waals surface area (Å²) in [5, 5.41) is 20.2. The summed E-state index contributed by atoms with van der Waals surface area (Å²) in [6.07, 6.45) is -0.771. The Balaban J connectivity index is 1.98. The molecule has 0 aliphatic carbocycles. The first-order chi connectivity index (χ1) is 7.99. The second-order valence-electron chi connectivity index (χ2n) is 4.81. The number of aliphatic hydroxyl groups excluding tert-OH is 2. The van der Waals surface area contributed by atoms with Gasteiger partial charge in [0.2, 0.25) is 0 Å². The molecule has 0 aromatic carbocycles. The molecule has 2 saturated heterocycles. The summed E-state index contributed by atoms with van der Waals surface area (Å²) < 4.78 is 11.1. The smallest absolute Gasteiger partial charge is 0.163 e. The second-order valence-corrected chi connectivity index (χ2v) is 7.61. The average molecular weight is 280 g/mol.